The van der Waals surface area contributed by atoms with Crippen molar-refractivity contribution >= 4 is 27.3 Å². The van der Waals surface area contributed by atoms with E-state index in [9.17, 15) is 44.3 Å². The van der Waals surface area contributed by atoms with E-state index in [1.165, 1.54) is 42.7 Å². The van der Waals surface area contributed by atoms with Gasteiger partial charge in [0.25, 0.3) is 0 Å². The van der Waals surface area contributed by atoms with Crippen molar-refractivity contribution in [3.05, 3.63) is 100 Å². The molecule has 2 aliphatic rings. The third-order valence-corrected chi connectivity index (χ3v) is 8.46. The summed E-state index contributed by atoms with van der Waals surface area (Å²) in [6.45, 7) is -1.93. The van der Waals surface area contributed by atoms with Crippen LogP contribution < -0.4 is 10.0 Å². The van der Waals surface area contributed by atoms with Gasteiger partial charge < -0.3 is 9.47 Å². The number of nitrogens with zero attached hydrogens (tertiary/aromatic N) is 2. The van der Waals surface area contributed by atoms with E-state index >= 15 is 0 Å². The van der Waals surface area contributed by atoms with Crippen molar-refractivity contribution in [3.8, 4) is 0 Å². The molecule has 3 atom stereocenters. The van der Waals surface area contributed by atoms with E-state index < -0.39 is 71.4 Å². The van der Waals surface area contributed by atoms with E-state index in [-0.39, 0.29) is 34.4 Å². The zero-order chi connectivity index (χ0) is 34.1. The summed E-state index contributed by atoms with van der Waals surface area (Å²) in [7, 11) is -4.17. The number of hydrogen-bond donors (Lipinski definition) is 2. The van der Waals surface area contributed by atoms with Crippen molar-refractivity contribution < 1.29 is 53.8 Å². The van der Waals surface area contributed by atoms with Gasteiger partial charge in [0.15, 0.2) is 5.78 Å². The summed E-state index contributed by atoms with van der Waals surface area (Å²) in [6.07, 6.45) is -10.4. The van der Waals surface area contributed by atoms with Crippen LogP contribution in [-0.2, 0) is 41.3 Å². The molecule has 250 valence electrons. The average Bonchev–Trinajstić information content (AvgIpc) is 3.35. The molecule has 5 rings (SSSR count). The number of hydrogen-bond acceptors (Lipinski definition) is 9. The summed E-state index contributed by atoms with van der Waals surface area (Å²) >= 11 is 0. The number of sulfonamides is 1. The number of Topliss-reactive ketones (excluding diaryl/α,β-unsaturated/α-hetero) is 1. The molecule has 1 aliphatic heterocycles. The van der Waals surface area contributed by atoms with Crippen molar-refractivity contribution in [2.24, 2.45) is 0 Å². The van der Waals surface area contributed by atoms with Gasteiger partial charge in [0.05, 0.1) is 23.9 Å². The standard InChI is InChI=1S/C30H26F6N4O6S/c1-16-11-17(13-47(43,44)40-21(41)12-18-5-2-3-9-37-18)7-8-19(16)25-22-23(28(39-25)46-15-30(34,35)36)24-20(6-4-10-38-24)27(26(22)42)45-14-29(31,32)33/h2-11,25,27-28,39H,12-15H2,1H3,(H,40,41). The van der Waals surface area contributed by atoms with E-state index in [4.69, 9.17) is 9.47 Å². The monoisotopic (exact) mass is 684 g/mol. The van der Waals surface area contributed by atoms with Crippen LogP contribution in [0.4, 0.5) is 26.3 Å². The summed E-state index contributed by atoms with van der Waals surface area (Å²) in [4.78, 5) is 34.2. The van der Waals surface area contributed by atoms with Gasteiger partial charge in [-0.1, -0.05) is 30.3 Å². The molecular weight excluding hydrogens is 658 g/mol. The maximum absolute atomic E-state index is 13.8. The van der Waals surface area contributed by atoms with Gasteiger partial charge >= 0.3 is 12.4 Å². The summed E-state index contributed by atoms with van der Waals surface area (Å²) in [5.41, 5.74) is 0.883. The maximum Gasteiger partial charge on any atom is 0.411 e. The summed E-state index contributed by atoms with van der Waals surface area (Å²) in [6, 6.07) is 10.6. The molecule has 3 unspecified atom stereocenters. The molecule has 1 aromatic carbocycles. The third-order valence-electron chi connectivity index (χ3n) is 7.21. The number of halogens is 6. The first-order valence-electron chi connectivity index (χ1n) is 13.9. The molecule has 0 radical (unpaired) electrons. The van der Waals surface area contributed by atoms with Crippen LogP contribution in [0.2, 0.25) is 0 Å². The van der Waals surface area contributed by atoms with Crippen molar-refractivity contribution in [3.63, 3.8) is 0 Å². The lowest BCUT2D eigenvalue weighted by molar-refractivity contribution is -0.187. The van der Waals surface area contributed by atoms with Crippen LogP contribution in [0, 0.1) is 6.92 Å². The number of pyridine rings is 2. The van der Waals surface area contributed by atoms with Crippen LogP contribution >= 0.6 is 0 Å². The molecule has 2 aromatic heterocycles. The Labute approximate surface area is 264 Å². The number of benzene rings is 1. The van der Waals surface area contributed by atoms with Crippen molar-refractivity contribution in [2.45, 2.75) is 49.8 Å². The van der Waals surface area contributed by atoms with Crippen molar-refractivity contribution in [1.82, 2.24) is 20.0 Å². The van der Waals surface area contributed by atoms with E-state index in [0.717, 1.165) is 0 Å². The Bertz CT molecular complexity index is 1820. The van der Waals surface area contributed by atoms with Crippen LogP contribution in [0.3, 0.4) is 0 Å². The highest BCUT2D eigenvalue weighted by Gasteiger charge is 2.48. The van der Waals surface area contributed by atoms with E-state index in [1.54, 1.807) is 25.1 Å². The Morgan fingerprint density at radius 3 is 2.28 bits per heavy atom. The minimum absolute atomic E-state index is 0.0572. The summed E-state index contributed by atoms with van der Waals surface area (Å²) in [5, 5.41) is 2.83. The maximum atomic E-state index is 13.8. The number of carbonyl (C=O) groups excluding carboxylic acids is 2. The topological polar surface area (TPSA) is 137 Å². The Morgan fingerprint density at radius 1 is 0.915 bits per heavy atom. The molecule has 0 spiro atoms. The molecule has 3 heterocycles. The van der Waals surface area contributed by atoms with Gasteiger partial charge in [0.1, 0.15) is 25.5 Å². The van der Waals surface area contributed by atoms with Crippen LogP contribution in [0.1, 0.15) is 45.8 Å². The summed E-state index contributed by atoms with van der Waals surface area (Å²) in [5.74, 6) is -2.35. The molecule has 10 nitrogen and oxygen atoms in total. The highest BCUT2D eigenvalue weighted by molar-refractivity contribution is 7.89. The number of aryl methyl sites for hydroxylation is 1. The summed E-state index contributed by atoms with van der Waals surface area (Å²) < 4.78 is 116. The molecule has 3 aromatic rings. The van der Waals surface area contributed by atoms with E-state index in [1.807, 2.05) is 4.72 Å². The Balaban J connectivity index is 1.45. The normalized spacial score (nSPS) is 19.8. The molecule has 0 saturated carbocycles. The average molecular weight is 685 g/mol. The Hall–Kier alpha value is -4.19. The van der Waals surface area contributed by atoms with Crippen LogP contribution in [0.5, 0.6) is 0 Å². The second-order valence-corrected chi connectivity index (χ2v) is 12.5. The quantitative estimate of drug-likeness (QED) is 0.302. The highest BCUT2D eigenvalue weighted by atomic mass is 32.2. The molecule has 1 aliphatic carbocycles. The van der Waals surface area contributed by atoms with E-state index in [2.05, 4.69) is 15.3 Å². The molecule has 0 bridgehead atoms. The Kier molecular flexibility index (Phi) is 9.54. The second kappa shape index (κ2) is 13.1. The minimum Gasteiger partial charge on any atom is -0.356 e. The SMILES string of the molecule is Cc1cc(CS(=O)(=O)NC(=O)Cc2ccccn2)ccc1C1NC(OCC(F)(F)F)C2=C1C(=O)C(OCC(F)(F)F)c1cccnc12. The zero-order valence-corrected chi connectivity index (χ0v) is 25.2. The number of amides is 1. The zero-order valence-electron chi connectivity index (χ0n) is 24.4. The van der Waals surface area contributed by atoms with Gasteiger partial charge in [-0.25, -0.2) is 8.42 Å². The fourth-order valence-corrected chi connectivity index (χ4v) is 6.57. The molecular formula is C30H26F6N4O6S. The lowest BCUT2D eigenvalue weighted by Crippen LogP contribution is -2.34. The number of ketones is 1. The second-order valence-electron chi connectivity index (χ2n) is 10.8. The van der Waals surface area contributed by atoms with Crippen LogP contribution in [0.25, 0.3) is 5.57 Å². The fraction of sp³-hybridized carbons (Fsp3) is 0.333. The van der Waals surface area contributed by atoms with E-state index in [0.29, 0.717) is 16.8 Å². The first-order valence-corrected chi connectivity index (χ1v) is 15.6. The first-order chi connectivity index (χ1) is 22.0. The molecule has 17 heteroatoms. The fourth-order valence-electron chi connectivity index (χ4n) is 5.46. The van der Waals surface area contributed by atoms with Crippen molar-refractivity contribution in [2.75, 3.05) is 13.2 Å². The Morgan fingerprint density at radius 2 is 1.62 bits per heavy atom. The number of carbonyl (C=O) groups is 2. The van der Waals surface area contributed by atoms with Gasteiger partial charge in [-0.2, -0.15) is 26.3 Å². The predicted octanol–water partition coefficient (Wildman–Crippen LogP) is 4.18. The lowest BCUT2D eigenvalue weighted by Gasteiger charge is -2.28. The lowest BCUT2D eigenvalue weighted by atomic mass is 9.82. The van der Waals surface area contributed by atoms with Gasteiger partial charge in [0.2, 0.25) is 15.9 Å². The molecule has 1 amide bonds. The smallest absolute Gasteiger partial charge is 0.356 e. The number of alkyl halides is 6. The number of fused-ring (bicyclic) bond motifs is 2. The number of aromatic nitrogens is 2. The highest BCUT2D eigenvalue weighted by Crippen LogP contribution is 2.47. The largest absolute Gasteiger partial charge is 0.411 e. The van der Waals surface area contributed by atoms with Crippen molar-refractivity contribution in [1.29, 1.82) is 0 Å². The molecule has 0 saturated heterocycles. The van der Waals surface area contributed by atoms with Gasteiger partial charge in [-0.15, -0.1) is 0 Å². The molecule has 47 heavy (non-hydrogen) atoms. The minimum atomic E-state index is -4.78. The number of ether oxygens (including phenoxy) is 2. The molecule has 0 fully saturated rings. The third kappa shape index (κ3) is 8.22. The van der Waals surface area contributed by atoms with Crippen LogP contribution in [0.15, 0.2) is 66.5 Å². The molecule has 2 N–H and O–H groups in total. The van der Waals surface area contributed by atoms with Gasteiger partial charge in [-0.05, 0) is 41.8 Å². The first kappa shape index (κ1) is 34.2. The van der Waals surface area contributed by atoms with Crippen LogP contribution in [-0.4, -0.2) is 61.9 Å². The predicted molar refractivity (Wildman–Crippen MR) is 152 cm³/mol. The number of nitrogens with one attached hydrogen (secondary N) is 2. The number of rotatable bonds is 10. The van der Waals surface area contributed by atoms with Gasteiger partial charge in [0, 0.05) is 34.8 Å². The van der Waals surface area contributed by atoms with Gasteiger partial charge in [-0.3, -0.25) is 29.6 Å².